The molecule has 1 saturated heterocycles. The lowest BCUT2D eigenvalue weighted by Crippen LogP contribution is -2.31. The zero-order valence-corrected chi connectivity index (χ0v) is 14.4. The fourth-order valence-electron chi connectivity index (χ4n) is 3.45. The highest BCUT2D eigenvalue weighted by Gasteiger charge is 2.30. The van der Waals surface area contributed by atoms with Crippen LogP contribution in [0.5, 0.6) is 5.75 Å². The van der Waals surface area contributed by atoms with Crippen molar-refractivity contribution in [2.45, 2.75) is 32.4 Å². The van der Waals surface area contributed by atoms with Gasteiger partial charge in [0.25, 0.3) is 5.91 Å². The number of hydrogen-bond acceptors (Lipinski definition) is 5. The van der Waals surface area contributed by atoms with Gasteiger partial charge in [0.2, 0.25) is 5.95 Å². The van der Waals surface area contributed by atoms with Crippen molar-refractivity contribution in [3.05, 3.63) is 47.3 Å². The summed E-state index contributed by atoms with van der Waals surface area (Å²) >= 11 is 0. The van der Waals surface area contributed by atoms with Gasteiger partial charge in [-0.2, -0.15) is 0 Å². The topological polar surface area (TPSA) is 58.6 Å². The Bertz CT molecular complexity index is 769. The first kappa shape index (κ1) is 15.9. The van der Waals surface area contributed by atoms with E-state index in [1.807, 2.05) is 29.2 Å². The van der Waals surface area contributed by atoms with E-state index in [4.69, 9.17) is 4.74 Å². The first-order valence-electron chi connectivity index (χ1n) is 8.77. The molecule has 0 N–H and O–H groups in total. The maximum atomic E-state index is 12.6. The first-order chi connectivity index (χ1) is 12.2. The van der Waals surface area contributed by atoms with Crippen molar-refractivity contribution in [2.24, 2.45) is 0 Å². The van der Waals surface area contributed by atoms with Gasteiger partial charge >= 0.3 is 0 Å². The second-order valence-corrected chi connectivity index (χ2v) is 6.59. The molecule has 0 atom stereocenters. The molecule has 0 radical (unpaired) electrons. The van der Waals surface area contributed by atoms with Gasteiger partial charge in [0.15, 0.2) is 0 Å². The summed E-state index contributed by atoms with van der Waals surface area (Å²) in [5, 5.41) is 0. The summed E-state index contributed by atoms with van der Waals surface area (Å²) in [6.07, 6.45) is 5.34. The monoisotopic (exact) mass is 338 g/mol. The number of hydrogen-bond donors (Lipinski definition) is 0. The normalized spacial score (nSPS) is 16.9. The van der Waals surface area contributed by atoms with Crippen LogP contribution in [0, 0.1) is 0 Å². The molecule has 2 aromatic rings. The Labute approximate surface area is 147 Å². The lowest BCUT2D eigenvalue weighted by atomic mass is 10.1. The minimum atomic E-state index is 0.0102. The molecule has 2 aliphatic rings. The van der Waals surface area contributed by atoms with Crippen LogP contribution in [0.15, 0.2) is 30.5 Å². The van der Waals surface area contributed by atoms with E-state index in [9.17, 15) is 4.79 Å². The number of carbonyl (C=O) groups is 1. The van der Waals surface area contributed by atoms with Crippen LogP contribution >= 0.6 is 0 Å². The first-order valence-corrected chi connectivity index (χ1v) is 8.77. The van der Waals surface area contributed by atoms with Crippen LogP contribution in [0.3, 0.4) is 0 Å². The molecule has 3 heterocycles. The number of methoxy groups -OCH3 is 1. The molecular formula is C19H22N4O2. The molecule has 0 bridgehead atoms. The van der Waals surface area contributed by atoms with Gasteiger partial charge < -0.3 is 14.5 Å². The van der Waals surface area contributed by atoms with Gasteiger partial charge in [0, 0.05) is 25.8 Å². The Morgan fingerprint density at radius 1 is 1.12 bits per heavy atom. The summed E-state index contributed by atoms with van der Waals surface area (Å²) in [6.45, 7) is 3.12. The number of rotatable bonds is 4. The highest BCUT2D eigenvalue weighted by Crippen LogP contribution is 2.25. The van der Waals surface area contributed by atoms with Crippen molar-refractivity contribution in [3.8, 4) is 5.75 Å². The Hall–Kier alpha value is -2.63. The van der Waals surface area contributed by atoms with E-state index in [1.54, 1.807) is 13.3 Å². The lowest BCUT2D eigenvalue weighted by Gasteiger charge is -2.26. The molecule has 0 saturated carbocycles. The number of aromatic nitrogens is 2. The van der Waals surface area contributed by atoms with Crippen molar-refractivity contribution < 1.29 is 9.53 Å². The molecule has 1 aromatic carbocycles. The van der Waals surface area contributed by atoms with Gasteiger partial charge in [-0.3, -0.25) is 4.79 Å². The van der Waals surface area contributed by atoms with E-state index in [0.717, 1.165) is 36.0 Å². The quantitative estimate of drug-likeness (QED) is 0.858. The molecule has 4 rings (SSSR count). The third-order valence-corrected chi connectivity index (χ3v) is 4.88. The van der Waals surface area contributed by atoms with Crippen LogP contribution in [0.4, 0.5) is 5.95 Å². The van der Waals surface area contributed by atoms with Crippen molar-refractivity contribution in [2.75, 3.05) is 25.1 Å². The zero-order chi connectivity index (χ0) is 17.2. The number of nitrogens with zero attached hydrogens (tertiary/aromatic N) is 4. The summed E-state index contributed by atoms with van der Waals surface area (Å²) in [4.78, 5) is 25.8. The van der Waals surface area contributed by atoms with Crippen molar-refractivity contribution in [1.82, 2.24) is 14.9 Å². The van der Waals surface area contributed by atoms with Gasteiger partial charge in [0.05, 0.1) is 24.9 Å². The molecule has 6 heteroatoms. The average Bonchev–Trinajstić information content (AvgIpc) is 2.98. The van der Waals surface area contributed by atoms with Gasteiger partial charge in [-0.15, -0.1) is 0 Å². The van der Waals surface area contributed by atoms with E-state index in [-0.39, 0.29) is 5.91 Å². The number of ether oxygens (including phenoxy) is 1. The van der Waals surface area contributed by atoms with Crippen molar-refractivity contribution in [1.29, 1.82) is 0 Å². The van der Waals surface area contributed by atoms with Gasteiger partial charge in [0.1, 0.15) is 5.75 Å². The maximum Gasteiger partial charge on any atom is 0.258 e. The van der Waals surface area contributed by atoms with Crippen molar-refractivity contribution in [3.63, 3.8) is 0 Å². The molecule has 130 valence electrons. The van der Waals surface area contributed by atoms with Gasteiger partial charge in [-0.05, 0) is 37.0 Å². The molecule has 6 nitrogen and oxygen atoms in total. The zero-order valence-electron chi connectivity index (χ0n) is 14.4. The van der Waals surface area contributed by atoms with E-state index >= 15 is 0 Å². The van der Waals surface area contributed by atoms with Gasteiger partial charge in [-0.1, -0.05) is 12.1 Å². The Kier molecular flexibility index (Phi) is 4.26. The predicted octanol–water partition coefficient (Wildman–Crippen LogP) is 2.63. The van der Waals surface area contributed by atoms with E-state index in [0.29, 0.717) is 18.7 Å². The minimum Gasteiger partial charge on any atom is -0.497 e. The number of amides is 1. The fraction of sp³-hybridized carbons (Fsp3) is 0.421. The second kappa shape index (κ2) is 6.70. The third-order valence-electron chi connectivity index (χ3n) is 4.88. The highest BCUT2D eigenvalue weighted by atomic mass is 16.5. The summed E-state index contributed by atoms with van der Waals surface area (Å²) in [6, 6.07) is 7.80. The molecule has 2 aliphatic heterocycles. The number of anilines is 1. The summed E-state index contributed by atoms with van der Waals surface area (Å²) in [5.41, 5.74) is 2.55. The molecule has 0 spiro atoms. The number of fused-ring (bicyclic) bond motifs is 1. The van der Waals surface area contributed by atoms with Crippen LogP contribution in [0.25, 0.3) is 0 Å². The number of carbonyl (C=O) groups excluding carboxylic acids is 1. The smallest absolute Gasteiger partial charge is 0.258 e. The standard InChI is InChI=1S/C19H22N4O2/c1-25-15-7-5-14(6-8-15)12-23-13-17-16(18(23)24)11-20-19(21-17)22-9-3-2-4-10-22/h5-8,11H,2-4,9-10,12-13H2,1H3. The molecule has 25 heavy (non-hydrogen) atoms. The van der Waals surface area contributed by atoms with Crippen LogP contribution < -0.4 is 9.64 Å². The molecule has 1 aromatic heterocycles. The molecule has 1 fully saturated rings. The van der Waals surface area contributed by atoms with E-state index in [1.165, 1.54) is 19.3 Å². The van der Waals surface area contributed by atoms with Crippen LogP contribution in [0.2, 0.25) is 0 Å². The van der Waals surface area contributed by atoms with Crippen LogP contribution in [-0.2, 0) is 13.1 Å². The third kappa shape index (κ3) is 3.16. The highest BCUT2D eigenvalue weighted by molar-refractivity contribution is 5.97. The fourth-order valence-corrected chi connectivity index (χ4v) is 3.45. The van der Waals surface area contributed by atoms with Crippen LogP contribution in [0.1, 0.15) is 40.9 Å². The van der Waals surface area contributed by atoms with Gasteiger partial charge in [-0.25, -0.2) is 9.97 Å². The lowest BCUT2D eigenvalue weighted by molar-refractivity contribution is 0.0766. The molecule has 0 aliphatic carbocycles. The molecule has 1 amide bonds. The van der Waals surface area contributed by atoms with Crippen LogP contribution in [-0.4, -0.2) is 41.0 Å². The average molecular weight is 338 g/mol. The van der Waals surface area contributed by atoms with E-state index in [2.05, 4.69) is 14.9 Å². The summed E-state index contributed by atoms with van der Waals surface area (Å²) in [7, 11) is 1.65. The largest absolute Gasteiger partial charge is 0.497 e. The number of piperidine rings is 1. The summed E-state index contributed by atoms with van der Waals surface area (Å²) in [5.74, 6) is 1.59. The molecular weight excluding hydrogens is 316 g/mol. The number of benzene rings is 1. The van der Waals surface area contributed by atoms with Crippen molar-refractivity contribution >= 4 is 11.9 Å². The Morgan fingerprint density at radius 3 is 2.60 bits per heavy atom. The predicted molar refractivity (Wildman–Crippen MR) is 94.7 cm³/mol. The Balaban J connectivity index is 1.49. The van der Waals surface area contributed by atoms with E-state index < -0.39 is 0 Å². The summed E-state index contributed by atoms with van der Waals surface area (Å²) < 4.78 is 5.18. The SMILES string of the molecule is COc1ccc(CN2Cc3nc(N4CCCCC4)ncc3C2=O)cc1. The maximum absolute atomic E-state index is 12.6. The minimum absolute atomic E-state index is 0.0102. The Morgan fingerprint density at radius 2 is 1.88 bits per heavy atom. The second-order valence-electron chi connectivity index (χ2n) is 6.59. The molecule has 0 unspecified atom stereocenters.